The summed E-state index contributed by atoms with van der Waals surface area (Å²) in [6.07, 6.45) is 4.37. The largest absolute Gasteiger partial charge is 0.490 e. The van der Waals surface area contributed by atoms with Crippen molar-refractivity contribution < 1.29 is 23.8 Å². The Hall–Kier alpha value is -3.61. The monoisotopic (exact) mass is 420 g/mol. The van der Waals surface area contributed by atoms with Gasteiger partial charge in [0.2, 0.25) is 0 Å². The van der Waals surface area contributed by atoms with Crippen molar-refractivity contribution in [3.8, 4) is 22.7 Å². The van der Waals surface area contributed by atoms with Crippen LogP contribution in [0.5, 0.6) is 5.75 Å². The quantitative estimate of drug-likeness (QED) is 0.549. The van der Waals surface area contributed by atoms with Crippen molar-refractivity contribution in [3.63, 3.8) is 0 Å². The van der Waals surface area contributed by atoms with Gasteiger partial charge in [0.25, 0.3) is 0 Å². The average Bonchev–Trinajstić information content (AvgIpc) is 3.47. The molecule has 1 saturated carbocycles. The van der Waals surface area contributed by atoms with Crippen LogP contribution in [0, 0.1) is 0 Å². The maximum Gasteiger partial charge on any atom is 0.357 e. The maximum absolute atomic E-state index is 12.8. The SMILES string of the molecule is COC(=O)c1c(-c2ccccc2OC2CCCC2)nn(-c2ccccc2)c1C(=O)OC. The molecule has 31 heavy (non-hydrogen) atoms. The lowest BCUT2D eigenvalue weighted by atomic mass is 10.0. The molecule has 1 fully saturated rings. The molecular weight excluding hydrogens is 396 g/mol. The van der Waals surface area contributed by atoms with Crippen molar-refractivity contribution in [2.24, 2.45) is 0 Å². The Morgan fingerprint density at radius 3 is 2.23 bits per heavy atom. The van der Waals surface area contributed by atoms with Crippen LogP contribution in [0.25, 0.3) is 16.9 Å². The third kappa shape index (κ3) is 4.03. The lowest BCUT2D eigenvalue weighted by Crippen LogP contribution is -2.15. The van der Waals surface area contributed by atoms with Gasteiger partial charge in [0.1, 0.15) is 17.0 Å². The van der Waals surface area contributed by atoms with Crippen LogP contribution in [0.4, 0.5) is 0 Å². The minimum absolute atomic E-state index is 0.00576. The van der Waals surface area contributed by atoms with Gasteiger partial charge in [-0.2, -0.15) is 5.10 Å². The summed E-state index contributed by atoms with van der Waals surface area (Å²) in [6.45, 7) is 0. The van der Waals surface area contributed by atoms with Gasteiger partial charge >= 0.3 is 11.9 Å². The number of rotatable bonds is 6. The average molecular weight is 420 g/mol. The summed E-state index contributed by atoms with van der Waals surface area (Å²) in [5.41, 5.74) is 1.60. The van der Waals surface area contributed by atoms with Crippen molar-refractivity contribution >= 4 is 11.9 Å². The Bertz CT molecular complexity index is 1080. The lowest BCUT2D eigenvalue weighted by molar-refractivity contribution is 0.0549. The molecule has 1 aliphatic rings. The second-order valence-corrected chi connectivity index (χ2v) is 7.32. The Balaban J connectivity index is 1.93. The van der Waals surface area contributed by atoms with E-state index in [4.69, 9.17) is 14.2 Å². The standard InChI is InChI=1S/C24H24N2O5/c1-29-23(27)20-21(18-14-8-9-15-19(18)31-17-12-6-7-13-17)25-26(22(20)24(28)30-2)16-10-4-3-5-11-16/h3-5,8-11,14-15,17H,6-7,12-13H2,1-2H3. The number of esters is 2. The smallest absolute Gasteiger partial charge is 0.357 e. The summed E-state index contributed by atoms with van der Waals surface area (Å²) >= 11 is 0. The second-order valence-electron chi connectivity index (χ2n) is 7.32. The van der Waals surface area contributed by atoms with Gasteiger partial charge in [0.15, 0.2) is 5.69 Å². The molecule has 0 N–H and O–H groups in total. The summed E-state index contributed by atoms with van der Waals surface area (Å²) in [7, 11) is 2.54. The van der Waals surface area contributed by atoms with Crippen molar-refractivity contribution in [2.75, 3.05) is 14.2 Å². The normalized spacial score (nSPS) is 13.7. The number of nitrogens with zero attached hydrogens (tertiary/aromatic N) is 2. The van der Waals surface area contributed by atoms with E-state index in [1.807, 2.05) is 42.5 Å². The molecule has 0 unspecified atom stereocenters. The minimum atomic E-state index is -0.683. The first-order valence-corrected chi connectivity index (χ1v) is 10.2. The van der Waals surface area contributed by atoms with Crippen LogP contribution < -0.4 is 4.74 Å². The Kier molecular flexibility index (Phi) is 6.02. The number of hydrogen-bond donors (Lipinski definition) is 0. The van der Waals surface area contributed by atoms with Crippen LogP contribution in [0.3, 0.4) is 0 Å². The molecule has 7 heteroatoms. The van der Waals surface area contributed by atoms with E-state index in [1.165, 1.54) is 18.9 Å². The zero-order valence-electron chi connectivity index (χ0n) is 17.5. The van der Waals surface area contributed by atoms with Gasteiger partial charge in [-0.1, -0.05) is 30.3 Å². The summed E-state index contributed by atoms with van der Waals surface area (Å²) in [5.74, 6) is -0.737. The number of ether oxygens (including phenoxy) is 3. The molecule has 0 bridgehead atoms. The Morgan fingerprint density at radius 2 is 1.55 bits per heavy atom. The van der Waals surface area contributed by atoms with Gasteiger partial charge < -0.3 is 14.2 Å². The molecule has 1 aromatic heterocycles. The van der Waals surface area contributed by atoms with Crippen LogP contribution in [0.15, 0.2) is 54.6 Å². The molecule has 3 aromatic rings. The van der Waals surface area contributed by atoms with Crippen LogP contribution in [0.2, 0.25) is 0 Å². The molecule has 0 spiro atoms. The fraction of sp³-hybridized carbons (Fsp3) is 0.292. The summed E-state index contributed by atoms with van der Waals surface area (Å²) < 4.78 is 17.7. The van der Waals surface area contributed by atoms with Gasteiger partial charge in [-0.05, 0) is 49.9 Å². The molecular formula is C24H24N2O5. The van der Waals surface area contributed by atoms with Crippen molar-refractivity contribution in [2.45, 2.75) is 31.8 Å². The molecule has 4 rings (SSSR count). The fourth-order valence-corrected chi connectivity index (χ4v) is 3.89. The van der Waals surface area contributed by atoms with Gasteiger partial charge in [0, 0.05) is 5.56 Å². The maximum atomic E-state index is 12.8. The first kappa shape index (κ1) is 20.7. The van der Waals surface area contributed by atoms with E-state index >= 15 is 0 Å². The first-order valence-electron chi connectivity index (χ1n) is 10.2. The van der Waals surface area contributed by atoms with Crippen molar-refractivity contribution in [1.82, 2.24) is 9.78 Å². The molecule has 0 atom stereocenters. The van der Waals surface area contributed by atoms with E-state index in [1.54, 1.807) is 12.1 Å². The van der Waals surface area contributed by atoms with Gasteiger partial charge in [0.05, 0.1) is 26.0 Å². The highest BCUT2D eigenvalue weighted by Gasteiger charge is 2.32. The van der Waals surface area contributed by atoms with E-state index < -0.39 is 11.9 Å². The highest BCUT2D eigenvalue weighted by Crippen LogP contribution is 2.36. The van der Waals surface area contributed by atoms with E-state index in [0.29, 0.717) is 22.7 Å². The molecule has 0 amide bonds. The molecule has 0 aliphatic heterocycles. The lowest BCUT2D eigenvalue weighted by Gasteiger charge is -2.16. The summed E-state index contributed by atoms with van der Waals surface area (Å²) in [5, 5.41) is 4.66. The van der Waals surface area contributed by atoms with E-state index in [-0.39, 0.29) is 17.4 Å². The first-order chi connectivity index (χ1) is 15.1. The number of aromatic nitrogens is 2. The van der Waals surface area contributed by atoms with Gasteiger partial charge in [-0.15, -0.1) is 0 Å². The molecule has 2 aromatic carbocycles. The number of methoxy groups -OCH3 is 2. The highest BCUT2D eigenvalue weighted by atomic mass is 16.5. The zero-order chi connectivity index (χ0) is 21.8. The Morgan fingerprint density at radius 1 is 0.903 bits per heavy atom. The predicted molar refractivity (Wildman–Crippen MR) is 115 cm³/mol. The van der Waals surface area contributed by atoms with Gasteiger partial charge in [-0.25, -0.2) is 14.3 Å². The Labute approximate surface area is 180 Å². The van der Waals surface area contributed by atoms with Crippen LogP contribution in [0.1, 0.15) is 46.5 Å². The second kappa shape index (κ2) is 9.04. The molecule has 7 nitrogen and oxygen atoms in total. The number of para-hydroxylation sites is 2. The minimum Gasteiger partial charge on any atom is -0.490 e. The van der Waals surface area contributed by atoms with Gasteiger partial charge in [-0.3, -0.25) is 0 Å². The molecule has 1 heterocycles. The topological polar surface area (TPSA) is 79.7 Å². The van der Waals surface area contributed by atoms with Crippen LogP contribution in [-0.2, 0) is 9.47 Å². The fourth-order valence-electron chi connectivity index (χ4n) is 3.89. The molecule has 1 aliphatic carbocycles. The molecule has 0 saturated heterocycles. The third-order valence-electron chi connectivity index (χ3n) is 5.39. The van der Waals surface area contributed by atoms with Crippen LogP contribution in [-0.4, -0.2) is 42.0 Å². The summed E-state index contributed by atoms with van der Waals surface area (Å²) in [4.78, 5) is 25.6. The molecule has 0 radical (unpaired) electrons. The zero-order valence-corrected chi connectivity index (χ0v) is 17.5. The van der Waals surface area contributed by atoms with E-state index in [2.05, 4.69) is 5.10 Å². The van der Waals surface area contributed by atoms with E-state index in [9.17, 15) is 9.59 Å². The molecule has 160 valence electrons. The van der Waals surface area contributed by atoms with E-state index in [0.717, 1.165) is 25.7 Å². The number of carbonyl (C=O) groups excluding carboxylic acids is 2. The predicted octanol–water partition coefficient (Wildman–Crippen LogP) is 4.43. The van der Waals surface area contributed by atoms with Crippen molar-refractivity contribution in [1.29, 1.82) is 0 Å². The van der Waals surface area contributed by atoms with Crippen LogP contribution >= 0.6 is 0 Å². The number of hydrogen-bond acceptors (Lipinski definition) is 6. The summed E-state index contributed by atoms with van der Waals surface area (Å²) in [6, 6.07) is 16.5. The van der Waals surface area contributed by atoms with Crippen molar-refractivity contribution in [3.05, 3.63) is 65.9 Å². The third-order valence-corrected chi connectivity index (χ3v) is 5.39. The highest BCUT2D eigenvalue weighted by molar-refractivity contribution is 6.07. The number of carbonyl (C=O) groups is 2. The number of benzene rings is 2.